The first-order chi connectivity index (χ1) is 10.8. The first-order valence-electron chi connectivity index (χ1n) is 6.81. The van der Waals surface area contributed by atoms with Gasteiger partial charge < -0.3 is 11.1 Å². The van der Waals surface area contributed by atoms with Gasteiger partial charge in [0.05, 0.1) is 11.1 Å². The molecular formula is C16H13F3N4. The molecule has 3 N–H and O–H groups in total. The van der Waals surface area contributed by atoms with Gasteiger partial charge in [-0.05, 0) is 42.8 Å². The molecule has 0 unspecified atom stereocenters. The Bertz CT molecular complexity index is 875. The van der Waals surface area contributed by atoms with E-state index in [0.29, 0.717) is 17.0 Å². The molecule has 0 aliphatic heterocycles. The van der Waals surface area contributed by atoms with E-state index in [1.165, 1.54) is 0 Å². The van der Waals surface area contributed by atoms with Gasteiger partial charge in [0.2, 0.25) is 0 Å². The topological polar surface area (TPSA) is 63.8 Å². The predicted octanol–water partition coefficient (Wildman–Crippen LogP) is 4.28. The average Bonchev–Trinajstić information content (AvgIpc) is 2.49. The highest BCUT2D eigenvalue weighted by Gasteiger charge is 2.30. The minimum atomic E-state index is -4.42. The molecule has 0 saturated heterocycles. The zero-order chi connectivity index (χ0) is 16.6. The number of nitrogens with one attached hydrogen (secondary N) is 1. The third kappa shape index (κ3) is 3.03. The number of alkyl halides is 3. The number of benzene rings is 1. The van der Waals surface area contributed by atoms with E-state index >= 15 is 0 Å². The molecule has 4 nitrogen and oxygen atoms in total. The van der Waals surface area contributed by atoms with Crippen molar-refractivity contribution in [3.05, 3.63) is 53.7 Å². The molecule has 3 aromatic rings. The lowest BCUT2D eigenvalue weighted by atomic mass is 10.1. The van der Waals surface area contributed by atoms with Gasteiger partial charge in [-0.15, -0.1) is 0 Å². The van der Waals surface area contributed by atoms with E-state index in [2.05, 4.69) is 15.3 Å². The van der Waals surface area contributed by atoms with Gasteiger partial charge in [0, 0.05) is 17.3 Å². The molecule has 0 amide bonds. The highest BCUT2D eigenvalue weighted by molar-refractivity contribution is 5.92. The number of anilines is 3. The van der Waals surface area contributed by atoms with Crippen molar-refractivity contribution in [2.24, 2.45) is 0 Å². The summed E-state index contributed by atoms with van der Waals surface area (Å²) in [6, 6.07) is 9.04. The van der Waals surface area contributed by atoms with Gasteiger partial charge in [0.1, 0.15) is 11.6 Å². The molecule has 2 heterocycles. The Morgan fingerprint density at radius 3 is 2.65 bits per heavy atom. The Hall–Kier alpha value is -2.83. The summed E-state index contributed by atoms with van der Waals surface area (Å²) in [5.41, 5.74) is 7.15. The lowest BCUT2D eigenvalue weighted by Crippen LogP contribution is -2.07. The number of nitrogens with two attached hydrogens (primary N) is 1. The molecule has 3 rings (SSSR count). The summed E-state index contributed by atoms with van der Waals surface area (Å²) in [5.74, 6) is 0.522. The molecule has 0 fully saturated rings. The summed E-state index contributed by atoms with van der Waals surface area (Å²) < 4.78 is 38.3. The Labute approximate surface area is 130 Å². The zero-order valence-corrected chi connectivity index (χ0v) is 12.1. The molecule has 0 bridgehead atoms. The van der Waals surface area contributed by atoms with Crippen LogP contribution in [0.3, 0.4) is 0 Å². The number of aryl methyl sites for hydroxylation is 1. The maximum Gasteiger partial charge on any atom is 0.416 e. The number of aromatic nitrogens is 2. The molecule has 118 valence electrons. The van der Waals surface area contributed by atoms with Crippen LogP contribution in [0.1, 0.15) is 11.1 Å². The van der Waals surface area contributed by atoms with Gasteiger partial charge in [0.15, 0.2) is 0 Å². The van der Waals surface area contributed by atoms with Gasteiger partial charge in [-0.25, -0.2) is 9.97 Å². The molecule has 0 aliphatic carbocycles. The van der Waals surface area contributed by atoms with Gasteiger partial charge in [-0.2, -0.15) is 13.2 Å². The standard InChI is InChI=1S/C16H13F3N4/c1-9-7-11-12(20)3-2-4-13(11)22-15(9)23-14-8-10(5-6-21-14)16(17,18)19/h2-8H,20H2,1H3,(H,21,22,23). The summed E-state index contributed by atoms with van der Waals surface area (Å²) in [4.78, 5) is 8.32. The minimum Gasteiger partial charge on any atom is -0.398 e. The first-order valence-corrected chi connectivity index (χ1v) is 6.81. The van der Waals surface area contributed by atoms with Crippen LogP contribution in [0.4, 0.5) is 30.5 Å². The first kappa shape index (κ1) is 15.1. The van der Waals surface area contributed by atoms with E-state index in [1.807, 2.05) is 6.07 Å². The van der Waals surface area contributed by atoms with E-state index in [4.69, 9.17) is 5.73 Å². The number of hydrogen-bond acceptors (Lipinski definition) is 4. The van der Waals surface area contributed by atoms with Gasteiger partial charge >= 0.3 is 6.18 Å². The SMILES string of the molecule is Cc1cc2c(N)cccc2nc1Nc1cc(C(F)(F)F)ccn1. The van der Waals surface area contributed by atoms with Crippen molar-refractivity contribution in [1.29, 1.82) is 0 Å². The van der Waals surface area contributed by atoms with Crippen LogP contribution >= 0.6 is 0 Å². The van der Waals surface area contributed by atoms with E-state index in [1.54, 1.807) is 25.1 Å². The van der Waals surface area contributed by atoms with Gasteiger partial charge in [-0.3, -0.25) is 0 Å². The summed E-state index contributed by atoms with van der Waals surface area (Å²) in [5, 5.41) is 3.63. The number of pyridine rings is 2. The summed E-state index contributed by atoms with van der Waals surface area (Å²) in [6.45, 7) is 1.80. The van der Waals surface area contributed by atoms with Crippen molar-refractivity contribution in [3.63, 3.8) is 0 Å². The molecular weight excluding hydrogens is 305 g/mol. The smallest absolute Gasteiger partial charge is 0.398 e. The van der Waals surface area contributed by atoms with Crippen molar-refractivity contribution in [2.45, 2.75) is 13.1 Å². The lowest BCUT2D eigenvalue weighted by Gasteiger charge is -2.12. The van der Waals surface area contributed by atoms with Crippen LogP contribution in [-0.4, -0.2) is 9.97 Å². The summed E-state index contributed by atoms with van der Waals surface area (Å²) in [7, 11) is 0. The third-order valence-corrected chi connectivity index (χ3v) is 3.42. The van der Waals surface area contributed by atoms with Crippen LogP contribution in [0.15, 0.2) is 42.6 Å². The highest BCUT2D eigenvalue weighted by Crippen LogP contribution is 2.31. The fourth-order valence-corrected chi connectivity index (χ4v) is 2.24. The molecule has 0 atom stereocenters. The van der Waals surface area contributed by atoms with Crippen molar-refractivity contribution in [1.82, 2.24) is 9.97 Å². The molecule has 7 heteroatoms. The molecule has 1 aromatic carbocycles. The summed E-state index contributed by atoms with van der Waals surface area (Å²) in [6.07, 6.45) is -3.31. The number of nitrogen functional groups attached to an aromatic ring is 1. The van der Waals surface area contributed by atoms with Crippen LogP contribution in [-0.2, 0) is 6.18 Å². The molecule has 2 aromatic heterocycles. The summed E-state index contributed by atoms with van der Waals surface area (Å²) >= 11 is 0. The molecule has 0 spiro atoms. The monoisotopic (exact) mass is 318 g/mol. The quantitative estimate of drug-likeness (QED) is 0.692. The maximum atomic E-state index is 12.8. The lowest BCUT2D eigenvalue weighted by molar-refractivity contribution is -0.137. The van der Waals surface area contributed by atoms with E-state index in [-0.39, 0.29) is 5.82 Å². The number of rotatable bonds is 2. The second kappa shape index (κ2) is 5.42. The van der Waals surface area contributed by atoms with E-state index < -0.39 is 11.7 Å². The Morgan fingerprint density at radius 1 is 1.13 bits per heavy atom. The number of hydrogen-bond donors (Lipinski definition) is 2. The van der Waals surface area contributed by atoms with E-state index in [0.717, 1.165) is 29.3 Å². The average molecular weight is 318 g/mol. The fourth-order valence-electron chi connectivity index (χ4n) is 2.24. The predicted molar refractivity (Wildman–Crippen MR) is 83.4 cm³/mol. The Balaban J connectivity index is 2.00. The molecule has 0 aliphatic rings. The maximum absolute atomic E-state index is 12.8. The largest absolute Gasteiger partial charge is 0.416 e. The zero-order valence-electron chi connectivity index (χ0n) is 12.1. The van der Waals surface area contributed by atoms with Crippen LogP contribution in [0.2, 0.25) is 0 Å². The second-order valence-electron chi connectivity index (χ2n) is 5.12. The van der Waals surface area contributed by atoms with Crippen LogP contribution in [0.25, 0.3) is 10.9 Å². The van der Waals surface area contributed by atoms with Crippen molar-refractivity contribution in [3.8, 4) is 0 Å². The van der Waals surface area contributed by atoms with Crippen molar-refractivity contribution >= 4 is 28.2 Å². The van der Waals surface area contributed by atoms with E-state index in [9.17, 15) is 13.2 Å². The van der Waals surface area contributed by atoms with Gasteiger partial charge in [-0.1, -0.05) is 6.07 Å². The second-order valence-corrected chi connectivity index (χ2v) is 5.12. The number of fused-ring (bicyclic) bond motifs is 1. The van der Waals surface area contributed by atoms with Crippen LogP contribution in [0.5, 0.6) is 0 Å². The normalized spacial score (nSPS) is 11.7. The highest BCUT2D eigenvalue weighted by atomic mass is 19.4. The molecule has 0 radical (unpaired) electrons. The van der Waals surface area contributed by atoms with Crippen LogP contribution < -0.4 is 11.1 Å². The number of nitrogens with zero attached hydrogens (tertiary/aromatic N) is 2. The van der Waals surface area contributed by atoms with Crippen molar-refractivity contribution < 1.29 is 13.2 Å². The number of halogens is 3. The molecule has 0 saturated carbocycles. The Morgan fingerprint density at radius 2 is 1.91 bits per heavy atom. The molecule has 23 heavy (non-hydrogen) atoms. The minimum absolute atomic E-state index is 0.0821. The van der Waals surface area contributed by atoms with Crippen molar-refractivity contribution in [2.75, 3.05) is 11.1 Å². The fraction of sp³-hybridized carbons (Fsp3) is 0.125. The van der Waals surface area contributed by atoms with Crippen LogP contribution in [0, 0.1) is 6.92 Å². The third-order valence-electron chi connectivity index (χ3n) is 3.42. The Kier molecular flexibility index (Phi) is 3.55. The van der Waals surface area contributed by atoms with Gasteiger partial charge in [0.25, 0.3) is 0 Å².